The summed E-state index contributed by atoms with van der Waals surface area (Å²) in [6.45, 7) is 5.64. The van der Waals surface area contributed by atoms with Gasteiger partial charge in [0, 0.05) is 50.2 Å². The van der Waals surface area contributed by atoms with Gasteiger partial charge in [-0.05, 0) is 43.3 Å². The summed E-state index contributed by atoms with van der Waals surface area (Å²) in [5.74, 6) is -1.68. The van der Waals surface area contributed by atoms with Crippen LogP contribution < -0.4 is 29.7 Å². The molecular weight excluding hydrogens is 666 g/mol. The van der Waals surface area contributed by atoms with E-state index in [0.717, 1.165) is 31.3 Å². The summed E-state index contributed by atoms with van der Waals surface area (Å²) < 4.78 is 81.9. The third-order valence-electron chi connectivity index (χ3n) is 8.18. The van der Waals surface area contributed by atoms with E-state index in [1.54, 1.807) is 19.2 Å². The number of anilines is 1. The average molecular weight is 698 g/mol. The van der Waals surface area contributed by atoms with E-state index in [9.17, 15) is 22.8 Å². The lowest BCUT2D eigenvalue weighted by atomic mass is 10.1. The smallest absolute Gasteiger partial charge is 0.493 e. The maximum Gasteiger partial charge on any atom is 0.573 e. The van der Waals surface area contributed by atoms with Gasteiger partial charge in [0.2, 0.25) is 11.3 Å². The fourth-order valence-corrected chi connectivity index (χ4v) is 5.56. The Hall–Kier alpha value is -5.48. The molecule has 12 nitrogen and oxygen atoms in total. The van der Waals surface area contributed by atoms with Crippen molar-refractivity contribution in [2.75, 3.05) is 51.9 Å². The molecule has 1 amide bonds. The number of nitrogens with zero attached hydrogens (tertiary/aromatic N) is 4. The van der Waals surface area contributed by atoms with Gasteiger partial charge in [-0.3, -0.25) is 14.5 Å². The summed E-state index contributed by atoms with van der Waals surface area (Å²) in [7, 11) is 3.04. The van der Waals surface area contributed by atoms with Crippen molar-refractivity contribution in [2.45, 2.75) is 13.3 Å². The second-order valence-electron chi connectivity index (χ2n) is 11.3. The van der Waals surface area contributed by atoms with E-state index >= 15 is 4.39 Å². The first-order valence-electron chi connectivity index (χ1n) is 15.4. The largest absolute Gasteiger partial charge is 0.573 e. The number of amides is 1. The fourth-order valence-electron chi connectivity index (χ4n) is 5.56. The van der Waals surface area contributed by atoms with E-state index in [4.69, 9.17) is 18.9 Å². The SMILES string of the molecule is COc1cc2c(Oc3ccc(NC(=O)c4c(C)n(C)c5ccc(OC(F)(F)F)cc5c4=O)cc3F)ncnc2cc1OCCN1CCOCC1. The number of pyridine rings is 1. The molecule has 6 rings (SSSR count). The quantitative estimate of drug-likeness (QED) is 0.185. The number of fused-ring (bicyclic) bond motifs is 2. The van der Waals surface area contributed by atoms with Gasteiger partial charge in [-0.1, -0.05) is 0 Å². The van der Waals surface area contributed by atoms with Crippen LogP contribution in [-0.4, -0.2) is 78.3 Å². The Kier molecular flexibility index (Phi) is 9.74. The van der Waals surface area contributed by atoms with E-state index in [1.165, 1.54) is 43.1 Å². The number of carbonyl (C=O) groups excluding carboxylic acids is 1. The molecule has 50 heavy (non-hydrogen) atoms. The van der Waals surface area contributed by atoms with Crippen LogP contribution in [0.1, 0.15) is 16.1 Å². The summed E-state index contributed by atoms with van der Waals surface area (Å²) in [4.78, 5) is 37.3. The zero-order valence-corrected chi connectivity index (χ0v) is 27.1. The van der Waals surface area contributed by atoms with Crippen LogP contribution in [0.2, 0.25) is 0 Å². The highest BCUT2D eigenvalue weighted by Gasteiger charge is 2.31. The van der Waals surface area contributed by atoms with E-state index in [1.807, 2.05) is 0 Å². The van der Waals surface area contributed by atoms with Crippen molar-refractivity contribution in [3.05, 3.63) is 82.2 Å². The topological polar surface area (TPSA) is 126 Å². The van der Waals surface area contributed by atoms with Crippen LogP contribution in [0.4, 0.5) is 23.2 Å². The van der Waals surface area contributed by atoms with Gasteiger partial charge in [0.1, 0.15) is 24.2 Å². The van der Waals surface area contributed by atoms with Crippen LogP contribution in [-0.2, 0) is 11.8 Å². The van der Waals surface area contributed by atoms with Crippen LogP contribution in [0.3, 0.4) is 0 Å². The molecule has 0 saturated carbocycles. The van der Waals surface area contributed by atoms with Crippen molar-refractivity contribution in [2.24, 2.45) is 7.05 Å². The molecule has 2 aromatic heterocycles. The van der Waals surface area contributed by atoms with Crippen LogP contribution in [0.15, 0.2) is 59.7 Å². The number of hydrogen-bond donors (Lipinski definition) is 1. The standard InChI is InChI=1S/C34H31F4N5O7/c1-19-30(31(44)23-15-21(50-34(36,37)38)5-6-26(23)42(19)2)32(45)41-20-4-7-27(24(35)14-20)49-33-22-16-28(46-3)29(17-25(22)39-18-40-33)48-13-10-43-8-11-47-12-9-43/h4-7,14-18H,8-13H2,1-3H3,(H,41,45). The van der Waals surface area contributed by atoms with Crippen molar-refractivity contribution >= 4 is 33.4 Å². The number of nitrogens with one attached hydrogen (secondary N) is 1. The lowest BCUT2D eigenvalue weighted by molar-refractivity contribution is -0.274. The van der Waals surface area contributed by atoms with E-state index in [0.29, 0.717) is 48.8 Å². The van der Waals surface area contributed by atoms with Crippen LogP contribution in [0.5, 0.6) is 28.9 Å². The zero-order chi connectivity index (χ0) is 35.6. The Labute approximate surface area is 282 Å². The third kappa shape index (κ3) is 7.40. The van der Waals surface area contributed by atoms with Crippen LogP contribution in [0.25, 0.3) is 21.8 Å². The van der Waals surface area contributed by atoms with Gasteiger partial charge in [0.05, 0.1) is 42.1 Å². The Morgan fingerprint density at radius 3 is 2.50 bits per heavy atom. The molecule has 262 valence electrons. The zero-order valence-electron chi connectivity index (χ0n) is 27.1. The monoisotopic (exact) mass is 697 g/mol. The summed E-state index contributed by atoms with van der Waals surface area (Å²) in [5, 5.41) is 2.74. The normalized spacial score (nSPS) is 13.7. The summed E-state index contributed by atoms with van der Waals surface area (Å²) in [6, 6.07) is 10.2. The number of carbonyl (C=O) groups is 1. The summed E-state index contributed by atoms with van der Waals surface area (Å²) in [5.41, 5.74) is -0.182. The molecule has 16 heteroatoms. The molecule has 0 atom stereocenters. The van der Waals surface area contributed by atoms with Crippen molar-refractivity contribution < 1.29 is 46.0 Å². The number of halogens is 4. The number of aromatic nitrogens is 3. The molecule has 1 saturated heterocycles. The first-order chi connectivity index (χ1) is 23.9. The molecule has 3 aromatic carbocycles. The second kappa shape index (κ2) is 14.2. The van der Waals surface area contributed by atoms with Gasteiger partial charge in [0.25, 0.3) is 5.91 Å². The first-order valence-corrected chi connectivity index (χ1v) is 15.4. The van der Waals surface area contributed by atoms with E-state index in [-0.39, 0.29) is 39.5 Å². The van der Waals surface area contributed by atoms with Gasteiger partial charge in [-0.15, -0.1) is 13.2 Å². The number of morpholine rings is 1. The highest BCUT2D eigenvalue weighted by Crippen LogP contribution is 2.37. The van der Waals surface area contributed by atoms with Gasteiger partial charge in [-0.25, -0.2) is 14.4 Å². The van der Waals surface area contributed by atoms with Gasteiger partial charge in [-0.2, -0.15) is 0 Å². The Morgan fingerprint density at radius 2 is 1.78 bits per heavy atom. The molecule has 1 aliphatic rings. The fraction of sp³-hybridized carbons (Fsp3) is 0.294. The number of ether oxygens (including phenoxy) is 5. The average Bonchev–Trinajstić information content (AvgIpc) is 3.08. The molecule has 5 aromatic rings. The highest BCUT2D eigenvalue weighted by molar-refractivity contribution is 6.07. The van der Waals surface area contributed by atoms with Crippen molar-refractivity contribution in [1.82, 2.24) is 19.4 Å². The first kappa shape index (κ1) is 34.4. The maximum atomic E-state index is 15.4. The lowest BCUT2D eigenvalue weighted by Crippen LogP contribution is -2.38. The molecule has 1 aliphatic heterocycles. The van der Waals surface area contributed by atoms with Gasteiger partial charge >= 0.3 is 6.36 Å². The number of hydrogen-bond acceptors (Lipinski definition) is 10. The number of benzene rings is 3. The van der Waals surface area contributed by atoms with Crippen molar-refractivity contribution in [3.8, 4) is 28.9 Å². The minimum absolute atomic E-state index is 0.0105. The Bertz CT molecular complexity index is 2130. The molecule has 1 fully saturated rings. The lowest BCUT2D eigenvalue weighted by Gasteiger charge is -2.26. The van der Waals surface area contributed by atoms with Crippen molar-refractivity contribution in [3.63, 3.8) is 0 Å². The molecule has 0 bridgehead atoms. The number of rotatable bonds is 10. The summed E-state index contributed by atoms with van der Waals surface area (Å²) in [6.07, 6.45) is -3.71. The highest BCUT2D eigenvalue weighted by atomic mass is 19.4. The number of alkyl halides is 3. The minimum atomic E-state index is -4.97. The predicted octanol–water partition coefficient (Wildman–Crippen LogP) is 5.59. The molecule has 0 spiro atoms. The molecule has 1 N–H and O–H groups in total. The molecule has 0 radical (unpaired) electrons. The van der Waals surface area contributed by atoms with Gasteiger partial charge < -0.3 is 33.6 Å². The van der Waals surface area contributed by atoms with E-state index in [2.05, 4.69) is 24.9 Å². The molecule has 0 aliphatic carbocycles. The minimum Gasteiger partial charge on any atom is -0.493 e. The molecule has 3 heterocycles. The van der Waals surface area contributed by atoms with Gasteiger partial charge in [0.15, 0.2) is 23.1 Å². The van der Waals surface area contributed by atoms with E-state index < -0.39 is 29.3 Å². The Balaban J connectivity index is 1.20. The van der Waals surface area contributed by atoms with Crippen LogP contribution in [0, 0.1) is 12.7 Å². The number of aryl methyl sites for hydroxylation is 1. The summed E-state index contributed by atoms with van der Waals surface area (Å²) >= 11 is 0. The second-order valence-corrected chi connectivity index (χ2v) is 11.3. The molecule has 0 unspecified atom stereocenters. The Morgan fingerprint density at radius 1 is 1.00 bits per heavy atom. The predicted molar refractivity (Wildman–Crippen MR) is 174 cm³/mol. The third-order valence-corrected chi connectivity index (χ3v) is 8.18. The number of methoxy groups -OCH3 is 1. The maximum absolute atomic E-state index is 15.4. The molecular formula is C34H31F4N5O7. The van der Waals surface area contributed by atoms with Crippen molar-refractivity contribution in [1.29, 1.82) is 0 Å². The van der Waals surface area contributed by atoms with Crippen LogP contribution >= 0.6 is 0 Å².